The molecule has 2 fully saturated rings. The van der Waals surface area contributed by atoms with E-state index in [9.17, 15) is 4.79 Å². The summed E-state index contributed by atoms with van der Waals surface area (Å²) in [6, 6.07) is 35.4. The van der Waals surface area contributed by atoms with Crippen molar-refractivity contribution in [2.24, 2.45) is 0 Å². The van der Waals surface area contributed by atoms with Crippen LogP contribution in [0.1, 0.15) is 59.7 Å². The van der Waals surface area contributed by atoms with E-state index in [0.717, 1.165) is 21.6 Å². The third-order valence-corrected chi connectivity index (χ3v) is 9.50. The first-order chi connectivity index (χ1) is 21.8. The van der Waals surface area contributed by atoms with Gasteiger partial charge in [-0.1, -0.05) is 124 Å². The molecule has 2 heterocycles. The Kier molecular flexibility index (Phi) is 9.73. The van der Waals surface area contributed by atoms with E-state index < -0.39 is 42.1 Å². The first-order valence-corrected chi connectivity index (χ1v) is 16.3. The summed E-state index contributed by atoms with van der Waals surface area (Å²) in [7, 11) is 0. The summed E-state index contributed by atoms with van der Waals surface area (Å²) >= 11 is 1.55. The van der Waals surface area contributed by atoms with Crippen molar-refractivity contribution in [3.63, 3.8) is 0 Å². The van der Waals surface area contributed by atoms with Crippen molar-refractivity contribution >= 4 is 17.7 Å². The predicted octanol–water partition coefficient (Wildman–Crippen LogP) is 8.03. The van der Waals surface area contributed by atoms with Gasteiger partial charge in [-0.2, -0.15) is 0 Å². The molecule has 0 aromatic heterocycles. The van der Waals surface area contributed by atoms with Crippen molar-refractivity contribution in [2.75, 3.05) is 6.61 Å². The maximum Gasteiger partial charge on any atom is 0.338 e. The number of benzene rings is 4. The van der Waals surface area contributed by atoms with E-state index in [2.05, 4.69) is 45.9 Å². The van der Waals surface area contributed by atoms with Crippen LogP contribution in [0.3, 0.4) is 0 Å². The molecule has 0 N–H and O–H groups in total. The molecule has 234 valence electrons. The van der Waals surface area contributed by atoms with Gasteiger partial charge in [0.05, 0.1) is 18.8 Å². The zero-order chi connectivity index (χ0) is 31.4. The van der Waals surface area contributed by atoms with Crippen LogP contribution < -0.4 is 0 Å². The SMILES string of the molecule is Cc1ccc(C(C)(C)C)cc1S[C@@H]1OC2COC(c3ccccc3)O[C@H]2C(OCc2ccccc2)C1OC(=O)c1ccccc1. The highest BCUT2D eigenvalue weighted by Gasteiger charge is 2.53. The molecule has 2 saturated heterocycles. The molecule has 0 bridgehead atoms. The van der Waals surface area contributed by atoms with Crippen LogP contribution in [0.2, 0.25) is 0 Å². The zero-order valence-corrected chi connectivity index (χ0v) is 26.9. The monoisotopic (exact) mass is 624 g/mol. The Labute approximate surface area is 270 Å². The van der Waals surface area contributed by atoms with Gasteiger partial charge in [0.1, 0.15) is 23.7 Å². The molecule has 4 aromatic carbocycles. The summed E-state index contributed by atoms with van der Waals surface area (Å²) in [5, 5.41) is 0. The second-order valence-electron chi connectivity index (χ2n) is 12.6. The van der Waals surface area contributed by atoms with Crippen LogP contribution in [-0.4, -0.2) is 42.4 Å². The lowest BCUT2D eigenvalue weighted by molar-refractivity contribution is -0.324. The number of esters is 1. The maximum atomic E-state index is 13.6. The summed E-state index contributed by atoms with van der Waals surface area (Å²) in [6.45, 7) is 9.33. The summed E-state index contributed by atoms with van der Waals surface area (Å²) in [4.78, 5) is 14.7. The van der Waals surface area contributed by atoms with Gasteiger partial charge in [-0.15, -0.1) is 0 Å². The maximum absolute atomic E-state index is 13.6. The largest absolute Gasteiger partial charge is 0.452 e. The van der Waals surface area contributed by atoms with Gasteiger partial charge in [0.15, 0.2) is 12.4 Å². The molecule has 0 spiro atoms. The number of rotatable bonds is 8. The van der Waals surface area contributed by atoms with Crippen LogP contribution in [0.5, 0.6) is 0 Å². The Morgan fingerprint density at radius 1 is 0.844 bits per heavy atom. The minimum atomic E-state index is -0.778. The fourth-order valence-corrected chi connectivity index (χ4v) is 6.83. The summed E-state index contributed by atoms with van der Waals surface area (Å²) in [5.41, 5.74) is 4.11. The number of carbonyl (C=O) groups excluding carboxylic acids is 1. The quantitative estimate of drug-likeness (QED) is 0.184. The second kappa shape index (κ2) is 13.9. The number of thioether (sulfide) groups is 1. The van der Waals surface area contributed by atoms with Crippen LogP contribution in [0, 0.1) is 6.92 Å². The minimum Gasteiger partial charge on any atom is -0.452 e. The fourth-order valence-electron chi connectivity index (χ4n) is 5.59. The first-order valence-electron chi connectivity index (χ1n) is 15.4. The second-order valence-corrected chi connectivity index (χ2v) is 13.7. The van der Waals surface area contributed by atoms with Crippen molar-refractivity contribution in [1.82, 2.24) is 0 Å². The molecular formula is C38H40O6S. The average molecular weight is 625 g/mol. The van der Waals surface area contributed by atoms with Crippen molar-refractivity contribution in [1.29, 1.82) is 0 Å². The Morgan fingerprint density at radius 2 is 1.51 bits per heavy atom. The van der Waals surface area contributed by atoms with Gasteiger partial charge in [-0.05, 0) is 47.2 Å². The van der Waals surface area contributed by atoms with Crippen LogP contribution in [0.25, 0.3) is 0 Å². The lowest BCUT2D eigenvalue weighted by Crippen LogP contribution is -2.62. The highest BCUT2D eigenvalue weighted by molar-refractivity contribution is 7.99. The summed E-state index contributed by atoms with van der Waals surface area (Å²) < 4.78 is 32.6. The minimum absolute atomic E-state index is 0.0282. The van der Waals surface area contributed by atoms with E-state index in [0.29, 0.717) is 18.8 Å². The predicted molar refractivity (Wildman–Crippen MR) is 175 cm³/mol. The Morgan fingerprint density at radius 3 is 2.20 bits per heavy atom. The Bertz CT molecular complexity index is 1560. The molecule has 6 atom stereocenters. The molecule has 4 unspecified atom stereocenters. The lowest BCUT2D eigenvalue weighted by Gasteiger charge is -2.48. The van der Waals surface area contributed by atoms with Crippen molar-refractivity contribution < 1.29 is 28.5 Å². The first kappa shape index (κ1) is 31.5. The Balaban J connectivity index is 1.36. The highest BCUT2D eigenvalue weighted by atomic mass is 32.2. The standard InChI is InChI=1S/C38H40O6S/c1-25-20-21-29(38(2,3)4)22-31(25)45-37-34(43-35(39)27-16-10-6-11-17-27)33(40-23-26-14-8-5-9-15-26)32-30(42-37)24-41-36(44-32)28-18-12-7-13-19-28/h5-22,30,32-34,36-37H,23-24H2,1-4H3/t30?,32-,33?,34?,36?,37+/m1/s1. The molecule has 6 nitrogen and oxygen atoms in total. The fraction of sp³-hybridized carbons (Fsp3) is 0.342. The van der Waals surface area contributed by atoms with Gasteiger partial charge < -0.3 is 23.7 Å². The molecule has 0 aliphatic carbocycles. The molecule has 2 aliphatic heterocycles. The van der Waals surface area contributed by atoms with Crippen LogP contribution in [-0.2, 0) is 35.7 Å². The number of ether oxygens (including phenoxy) is 5. The van der Waals surface area contributed by atoms with Crippen molar-refractivity contribution in [3.8, 4) is 0 Å². The number of carbonyl (C=O) groups is 1. The molecule has 0 radical (unpaired) electrons. The number of hydrogen-bond acceptors (Lipinski definition) is 7. The molecule has 0 amide bonds. The van der Waals surface area contributed by atoms with Crippen molar-refractivity contribution in [2.45, 2.75) is 80.8 Å². The Hall–Kier alpha value is -3.46. The van der Waals surface area contributed by atoms with Gasteiger partial charge in [-0.25, -0.2) is 4.79 Å². The topological polar surface area (TPSA) is 63.2 Å². The number of aryl methyl sites for hydroxylation is 1. The highest BCUT2D eigenvalue weighted by Crippen LogP contribution is 2.43. The normalized spacial score (nSPS) is 24.9. The molecule has 45 heavy (non-hydrogen) atoms. The van der Waals surface area contributed by atoms with Crippen LogP contribution >= 0.6 is 11.8 Å². The average Bonchev–Trinajstić information content (AvgIpc) is 3.06. The lowest BCUT2D eigenvalue weighted by atomic mass is 9.87. The van der Waals surface area contributed by atoms with Gasteiger partial charge in [0.25, 0.3) is 0 Å². The molecule has 4 aromatic rings. The molecule has 0 saturated carbocycles. The third kappa shape index (κ3) is 7.51. The smallest absolute Gasteiger partial charge is 0.338 e. The van der Waals surface area contributed by atoms with E-state index in [1.807, 2.05) is 78.9 Å². The van der Waals surface area contributed by atoms with Gasteiger partial charge in [0.2, 0.25) is 0 Å². The van der Waals surface area contributed by atoms with E-state index in [4.69, 9.17) is 23.7 Å². The summed E-state index contributed by atoms with van der Waals surface area (Å²) in [6.07, 6.45) is -2.98. The molecule has 7 heteroatoms. The van der Waals surface area contributed by atoms with Gasteiger partial charge in [0, 0.05) is 10.5 Å². The van der Waals surface area contributed by atoms with Crippen LogP contribution in [0.15, 0.2) is 114 Å². The molecule has 2 aliphatic rings. The zero-order valence-electron chi connectivity index (χ0n) is 26.1. The number of fused-ring (bicyclic) bond motifs is 1. The van der Waals surface area contributed by atoms with Gasteiger partial charge in [-0.3, -0.25) is 0 Å². The summed E-state index contributed by atoms with van der Waals surface area (Å²) in [5.74, 6) is -0.437. The van der Waals surface area contributed by atoms with Crippen molar-refractivity contribution in [3.05, 3.63) is 137 Å². The number of hydrogen-bond donors (Lipinski definition) is 0. The third-order valence-electron chi connectivity index (χ3n) is 8.19. The van der Waals surface area contributed by atoms with E-state index in [-0.39, 0.29) is 5.41 Å². The van der Waals surface area contributed by atoms with Gasteiger partial charge >= 0.3 is 5.97 Å². The van der Waals surface area contributed by atoms with Crippen LogP contribution in [0.4, 0.5) is 0 Å². The molecular weight excluding hydrogens is 584 g/mol. The molecule has 6 rings (SSSR count). The van der Waals surface area contributed by atoms with E-state index in [1.54, 1.807) is 23.9 Å². The van der Waals surface area contributed by atoms with E-state index in [1.165, 1.54) is 5.56 Å². The van der Waals surface area contributed by atoms with E-state index >= 15 is 0 Å².